The Kier molecular flexibility index (Phi) is 6.95. The van der Waals surface area contributed by atoms with E-state index in [-0.39, 0.29) is 0 Å². The van der Waals surface area contributed by atoms with E-state index in [0.717, 1.165) is 29.8 Å². The first-order chi connectivity index (χ1) is 9.74. The molecule has 0 heterocycles. The molecule has 0 aliphatic heterocycles. The Balaban J connectivity index is 2.47. The van der Waals surface area contributed by atoms with Crippen LogP contribution in [0.4, 0.5) is 0 Å². The van der Waals surface area contributed by atoms with Crippen LogP contribution >= 0.6 is 0 Å². The lowest BCUT2D eigenvalue weighted by molar-refractivity contribution is -0.870. The third-order valence-corrected chi connectivity index (χ3v) is 7.53. The molecule has 0 radical (unpaired) electrons. The van der Waals surface area contributed by atoms with Gasteiger partial charge in [-0.2, -0.15) is 0 Å². The predicted molar refractivity (Wildman–Crippen MR) is 96.3 cm³/mol. The number of ether oxygens (including phenoxy) is 1. The molecule has 120 valence electrons. The van der Waals surface area contributed by atoms with Gasteiger partial charge in [0.15, 0.2) is 0 Å². The van der Waals surface area contributed by atoms with Crippen LogP contribution < -0.4 is 9.92 Å². The summed E-state index contributed by atoms with van der Waals surface area (Å²) in [6.07, 6.45) is 3.74. The number of benzene rings is 1. The lowest BCUT2D eigenvalue weighted by Gasteiger charge is -2.24. The molecule has 0 fully saturated rings. The van der Waals surface area contributed by atoms with Crippen LogP contribution in [0.5, 0.6) is 5.75 Å². The largest absolute Gasteiger partial charge is 0.493 e. The summed E-state index contributed by atoms with van der Waals surface area (Å²) in [5, 5.41) is 1.55. The number of nitrogens with zero attached hydrogens (tertiary/aromatic N) is 1. The van der Waals surface area contributed by atoms with Gasteiger partial charge in [-0.1, -0.05) is 56.2 Å². The summed E-state index contributed by atoms with van der Waals surface area (Å²) in [5.74, 6) is 1.01. The summed E-state index contributed by atoms with van der Waals surface area (Å²) in [6.45, 7) is 9.18. The van der Waals surface area contributed by atoms with E-state index in [1.54, 1.807) is 5.19 Å². The van der Waals surface area contributed by atoms with Crippen molar-refractivity contribution < 1.29 is 9.22 Å². The third kappa shape index (κ3) is 7.14. The first-order valence-electron chi connectivity index (χ1n) is 8.28. The first-order valence-corrected chi connectivity index (χ1v) is 11.5. The molecule has 2 nitrogen and oxygen atoms in total. The summed E-state index contributed by atoms with van der Waals surface area (Å²) in [4.78, 5) is 0. The predicted octanol–water partition coefficient (Wildman–Crippen LogP) is 3.88. The number of unbranched alkanes of at least 4 members (excludes halogenated alkanes) is 1. The van der Waals surface area contributed by atoms with E-state index in [1.807, 2.05) is 0 Å². The molecule has 1 aromatic rings. The van der Waals surface area contributed by atoms with Crippen molar-refractivity contribution in [2.24, 2.45) is 0 Å². The van der Waals surface area contributed by atoms with Crippen LogP contribution in [0.1, 0.15) is 26.2 Å². The van der Waals surface area contributed by atoms with E-state index in [1.165, 1.54) is 18.9 Å². The van der Waals surface area contributed by atoms with Gasteiger partial charge in [0.2, 0.25) is 0 Å². The molecule has 0 aromatic heterocycles. The highest BCUT2D eigenvalue weighted by Gasteiger charge is 2.22. The van der Waals surface area contributed by atoms with Crippen LogP contribution in [0.3, 0.4) is 0 Å². The summed E-state index contributed by atoms with van der Waals surface area (Å²) in [5.41, 5.74) is 0. The molecule has 0 N–H and O–H groups in total. The highest BCUT2D eigenvalue weighted by molar-refractivity contribution is 6.89. The van der Waals surface area contributed by atoms with Crippen molar-refractivity contribution in [1.82, 2.24) is 0 Å². The Morgan fingerprint density at radius 3 is 2.14 bits per heavy atom. The van der Waals surface area contributed by atoms with Crippen LogP contribution in [0.15, 0.2) is 24.3 Å². The first kappa shape index (κ1) is 18.2. The van der Waals surface area contributed by atoms with Gasteiger partial charge in [0.25, 0.3) is 0 Å². The summed E-state index contributed by atoms with van der Waals surface area (Å²) >= 11 is 0. The molecular formula is C18H34NOSi+. The molecular weight excluding hydrogens is 274 g/mol. The smallest absolute Gasteiger partial charge is 0.119 e. The molecule has 0 amide bonds. The van der Waals surface area contributed by atoms with Crippen LogP contribution in [0.2, 0.25) is 19.1 Å². The molecule has 3 heteroatoms. The topological polar surface area (TPSA) is 9.23 Å². The average Bonchev–Trinajstić information content (AvgIpc) is 2.41. The summed E-state index contributed by atoms with van der Waals surface area (Å²) in [7, 11) is 5.42. The second kappa shape index (κ2) is 8.00. The van der Waals surface area contributed by atoms with E-state index >= 15 is 0 Å². The van der Waals surface area contributed by atoms with Gasteiger partial charge in [-0.15, -0.1) is 0 Å². The summed E-state index contributed by atoms with van der Waals surface area (Å²) in [6, 6.07) is 10.3. The molecule has 0 aliphatic rings. The van der Waals surface area contributed by atoms with Crippen molar-refractivity contribution in [2.45, 2.75) is 45.3 Å². The van der Waals surface area contributed by atoms with Gasteiger partial charge in [-0.25, -0.2) is 0 Å². The zero-order chi connectivity index (χ0) is 15.9. The second-order valence-electron chi connectivity index (χ2n) is 7.73. The van der Waals surface area contributed by atoms with Crippen molar-refractivity contribution in [2.75, 3.05) is 34.3 Å². The minimum Gasteiger partial charge on any atom is -0.493 e. The average molecular weight is 309 g/mol. The van der Waals surface area contributed by atoms with Gasteiger partial charge in [0.1, 0.15) is 5.75 Å². The van der Waals surface area contributed by atoms with Gasteiger partial charge in [0.05, 0.1) is 42.4 Å². The van der Waals surface area contributed by atoms with Crippen LogP contribution in [-0.2, 0) is 0 Å². The lowest BCUT2D eigenvalue weighted by atomic mass is 10.3. The fraction of sp³-hybridized carbons (Fsp3) is 0.667. The van der Waals surface area contributed by atoms with E-state index in [9.17, 15) is 0 Å². The molecule has 0 atom stereocenters. The third-order valence-electron chi connectivity index (χ3n) is 4.03. The maximum Gasteiger partial charge on any atom is 0.119 e. The van der Waals surface area contributed by atoms with Crippen LogP contribution in [0, 0.1) is 0 Å². The molecule has 0 saturated carbocycles. The number of quaternary nitrogens is 1. The highest BCUT2D eigenvalue weighted by Crippen LogP contribution is 2.16. The molecule has 1 rings (SSSR count). The van der Waals surface area contributed by atoms with Gasteiger partial charge in [0, 0.05) is 6.42 Å². The Morgan fingerprint density at radius 2 is 1.62 bits per heavy atom. The Labute approximate surface area is 132 Å². The quantitative estimate of drug-likeness (QED) is 0.382. The number of rotatable bonds is 9. The molecule has 0 saturated heterocycles. The van der Waals surface area contributed by atoms with Gasteiger partial charge < -0.3 is 9.22 Å². The molecule has 0 unspecified atom stereocenters. The SMILES string of the molecule is CCCC[Si](C)(C)c1ccc(OCCC[N+](C)(C)C)cc1. The maximum atomic E-state index is 5.86. The summed E-state index contributed by atoms with van der Waals surface area (Å²) < 4.78 is 6.86. The monoisotopic (exact) mass is 308 g/mol. The van der Waals surface area contributed by atoms with Gasteiger partial charge >= 0.3 is 0 Å². The van der Waals surface area contributed by atoms with Crippen molar-refractivity contribution in [3.63, 3.8) is 0 Å². The highest BCUT2D eigenvalue weighted by atomic mass is 28.3. The van der Waals surface area contributed by atoms with Crippen molar-refractivity contribution in [1.29, 1.82) is 0 Å². The molecule has 0 spiro atoms. The van der Waals surface area contributed by atoms with E-state index in [2.05, 4.69) is 65.4 Å². The van der Waals surface area contributed by atoms with E-state index in [4.69, 9.17) is 4.74 Å². The van der Waals surface area contributed by atoms with Gasteiger partial charge in [-0.3, -0.25) is 0 Å². The fourth-order valence-electron chi connectivity index (χ4n) is 2.49. The standard InChI is InChI=1S/C18H34NOSi/c1-7-8-16-21(5,6)18-12-10-17(11-13-18)20-15-9-14-19(2,3)4/h10-13H,7-9,14-16H2,1-6H3/q+1. The zero-order valence-electron chi connectivity index (χ0n) is 14.9. The lowest BCUT2D eigenvalue weighted by Crippen LogP contribution is -2.40. The minimum absolute atomic E-state index is 0.811. The van der Waals surface area contributed by atoms with Crippen LogP contribution in [-0.4, -0.2) is 46.9 Å². The van der Waals surface area contributed by atoms with Crippen molar-refractivity contribution in [3.05, 3.63) is 24.3 Å². The maximum absolute atomic E-state index is 5.86. The Morgan fingerprint density at radius 1 is 1.00 bits per heavy atom. The number of hydrogen-bond donors (Lipinski definition) is 0. The molecule has 21 heavy (non-hydrogen) atoms. The number of hydrogen-bond acceptors (Lipinski definition) is 1. The normalized spacial score (nSPS) is 12.5. The fourth-order valence-corrected chi connectivity index (χ4v) is 5.09. The Hall–Kier alpha value is -0.803. The zero-order valence-corrected chi connectivity index (χ0v) is 15.9. The Bertz CT molecular complexity index is 406. The van der Waals surface area contributed by atoms with Crippen molar-refractivity contribution in [3.8, 4) is 5.75 Å². The van der Waals surface area contributed by atoms with E-state index < -0.39 is 8.07 Å². The van der Waals surface area contributed by atoms with Crippen LogP contribution in [0.25, 0.3) is 0 Å². The molecule has 0 bridgehead atoms. The second-order valence-corrected chi connectivity index (χ2v) is 12.6. The van der Waals surface area contributed by atoms with Crippen molar-refractivity contribution >= 4 is 13.3 Å². The molecule has 0 aliphatic carbocycles. The minimum atomic E-state index is -1.24. The molecule has 1 aromatic carbocycles. The van der Waals surface area contributed by atoms with E-state index in [0.29, 0.717) is 0 Å². The van der Waals surface area contributed by atoms with Gasteiger partial charge in [-0.05, 0) is 12.1 Å².